The van der Waals surface area contributed by atoms with E-state index in [-0.39, 0.29) is 11.8 Å². The highest BCUT2D eigenvalue weighted by Crippen LogP contribution is 2.34. The monoisotopic (exact) mass is 418 g/mol. The van der Waals surface area contributed by atoms with Crippen LogP contribution in [0.25, 0.3) is 0 Å². The number of carbonyl (C=O) groups excluding carboxylic acids is 1. The summed E-state index contributed by atoms with van der Waals surface area (Å²) in [6, 6.07) is 3.46. The summed E-state index contributed by atoms with van der Waals surface area (Å²) in [4.78, 5) is 12.9. The van der Waals surface area contributed by atoms with Crippen molar-refractivity contribution in [3.05, 3.63) is 31.6 Å². The zero-order chi connectivity index (χ0) is 14.9. The molecule has 1 aromatic carbocycles. The Kier molecular flexibility index (Phi) is 4.77. The summed E-state index contributed by atoms with van der Waals surface area (Å²) >= 11 is 7.86. The number of amides is 1. The third-order valence-corrected chi connectivity index (χ3v) is 4.56. The van der Waals surface area contributed by atoms with E-state index in [9.17, 15) is 4.79 Å². The molecule has 0 aliphatic carbocycles. The van der Waals surface area contributed by atoms with E-state index in [0.29, 0.717) is 30.9 Å². The minimum Gasteiger partial charge on any atom is -0.399 e. The summed E-state index contributed by atoms with van der Waals surface area (Å²) < 4.78 is 5.27. The van der Waals surface area contributed by atoms with Crippen molar-refractivity contribution >= 4 is 60.7 Å². The van der Waals surface area contributed by atoms with Crippen LogP contribution in [0.3, 0.4) is 0 Å². The maximum Gasteiger partial charge on any atom is 0.269 e. The van der Waals surface area contributed by atoms with Gasteiger partial charge >= 0.3 is 0 Å². The first-order valence-corrected chi connectivity index (χ1v) is 8.14. The smallest absolute Gasteiger partial charge is 0.269 e. The first kappa shape index (κ1) is 15.4. The van der Waals surface area contributed by atoms with Gasteiger partial charge in [0.25, 0.3) is 5.91 Å². The van der Waals surface area contributed by atoms with Gasteiger partial charge in [0.15, 0.2) is 0 Å². The summed E-state index contributed by atoms with van der Waals surface area (Å²) in [5.41, 5.74) is 7.66. The van der Waals surface area contributed by atoms with Gasteiger partial charge in [-0.25, -0.2) is 0 Å². The molecule has 0 unspecified atom stereocenters. The normalized spacial score (nSPS) is 10.8. The summed E-state index contributed by atoms with van der Waals surface area (Å²) in [7, 11) is 0. The number of nitrogen functional groups attached to an aromatic ring is 1. The summed E-state index contributed by atoms with van der Waals surface area (Å²) in [5.74, 6) is -0.0809. The first-order valence-electron chi connectivity index (χ1n) is 5.78. The van der Waals surface area contributed by atoms with Crippen molar-refractivity contribution in [1.82, 2.24) is 9.59 Å². The lowest BCUT2D eigenvalue weighted by molar-refractivity contribution is 0.102. The zero-order valence-corrected chi connectivity index (χ0v) is 14.8. The third-order valence-electron chi connectivity index (χ3n) is 2.57. The predicted octanol–water partition coefficient (Wildman–Crippen LogP) is 4.02. The Labute approximate surface area is 137 Å². The second kappa shape index (κ2) is 6.19. The number of halogens is 2. The summed E-state index contributed by atoms with van der Waals surface area (Å²) in [6.07, 6.45) is 0. The van der Waals surface area contributed by atoms with Crippen LogP contribution in [0, 0.1) is 0 Å². The van der Waals surface area contributed by atoms with E-state index >= 15 is 0 Å². The van der Waals surface area contributed by atoms with Crippen molar-refractivity contribution in [3.8, 4) is 0 Å². The predicted molar refractivity (Wildman–Crippen MR) is 88.2 cm³/mol. The van der Waals surface area contributed by atoms with Crippen LogP contribution in [-0.4, -0.2) is 15.5 Å². The Morgan fingerprint density at radius 3 is 2.50 bits per heavy atom. The highest BCUT2D eigenvalue weighted by molar-refractivity contribution is 9.11. The molecule has 2 rings (SSSR count). The van der Waals surface area contributed by atoms with E-state index in [2.05, 4.69) is 46.8 Å². The molecule has 1 aromatic heterocycles. The van der Waals surface area contributed by atoms with Crippen molar-refractivity contribution in [3.63, 3.8) is 0 Å². The number of benzene rings is 1. The number of hydrogen-bond acceptors (Lipinski definition) is 5. The van der Waals surface area contributed by atoms with Gasteiger partial charge in [0.1, 0.15) is 4.88 Å². The second-order valence-electron chi connectivity index (χ2n) is 4.46. The highest BCUT2D eigenvalue weighted by Gasteiger charge is 2.20. The number of nitrogens with one attached hydrogen (secondary N) is 1. The largest absolute Gasteiger partial charge is 0.399 e. The van der Waals surface area contributed by atoms with Gasteiger partial charge in [0, 0.05) is 14.6 Å². The standard InChI is InChI=1S/C12H12Br2N4OS/c1-5(2)9-11(20-18-17-9)12(19)16-10-7(13)3-6(15)4-8(10)14/h3-5H,15H2,1-2H3,(H,16,19). The van der Waals surface area contributed by atoms with Gasteiger partial charge in [-0.05, 0) is 61.4 Å². The molecular formula is C12H12Br2N4OS. The van der Waals surface area contributed by atoms with Crippen molar-refractivity contribution in [2.45, 2.75) is 19.8 Å². The molecule has 0 spiro atoms. The SMILES string of the molecule is CC(C)c1nnsc1C(=O)Nc1c(Br)cc(N)cc1Br. The molecule has 106 valence electrons. The molecule has 0 fully saturated rings. The van der Waals surface area contributed by atoms with Crippen LogP contribution in [-0.2, 0) is 0 Å². The van der Waals surface area contributed by atoms with Crippen LogP contribution in [0.2, 0.25) is 0 Å². The molecule has 20 heavy (non-hydrogen) atoms. The molecule has 0 saturated carbocycles. The number of carbonyl (C=O) groups is 1. The molecule has 0 aliphatic heterocycles. The number of anilines is 2. The van der Waals surface area contributed by atoms with Gasteiger partial charge in [0.05, 0.1) is 11.4 Å². The van der Waals surface area contributed by atoms with Crippen LogP contribution in [0.4, 0.5) is 11.4 Å². The number of aromatic nitrogens is 2. The van der Waals surface area contributed by atoms with Gasteiger partial charge in [-0.15, -0.1) is 5.10 Å². The Hall–Kier alpha value is -0.990. The van der Waals surface area contributed by atoms with Crippen LogP contribution in [0.15, 0.2) is 21.1 Å². The fourth-order valence-electron chi connectivity index (χ4n) is 1.62. The van der Waals surface area contributed by atoms with E-state index in [4.69, 9.17) is 5.73 Å². The molecule has 8 heteroatoms. The summed E-state index contributed by atoms with van der Waals surface area (Å²) in [6.45, 7) is 3.95. The van der Waals surface area contributed by atoms with Crippen molar-refractivity contribution in [2.75, 3.05) is 11.1 Å². The van der Waals surface area contributed by atoms with E-state index in [1.165, 1.54) is 0 Å². The summed E-state index contributed by atoms with van der Waals surface area (Å²) in [5, 5.41) is 6.85. The van der Waals surface area contributed by atoms with Crippen LogP contribution >= 0.6 is 43.4 Å². The molecule has 0 bridgehead atoms. The van der Waals surface area contributed by atoms with Gasteiger partial charge in [-0.3, -0.25) is 4.79 Å². The molecule has 2 aromatic rings. The Morgan fingerprint density at radius 1 is 1.35 bits per heavy atom. The number of hydrogen-bond donors (Lipinski definition) is 2. The minimum atomic E-state index is -0.227. The Morgan fingerprint density at radius 2 is 1.95 bits per heavy atom. The molecule has 5 nitrogen and oxygen atoms in total. The van der Waals surface area contributed by atoms with Gasteiger partial charge in [-0.1, -0.05) is 18.3 Å². The average molecular weight is 420 g/mol. The Balaban J connectivity index is 2.31. The van der Waals surface area contributed by atoms with E-state index < -0.39 is 0 Å². The lowest BCUT2D eigenvalue weighted by atomic mass is 10.1. The zero-order valence-electron chi connectivity index (χ0n) is 10.8. The minimum absolute atomic E-state index is 0.146. The maximum atomic E-state index is 12.3. The molecule has 1 heterocycles. The molecule has 1 amide bonds. The number of nitrogens with zero attached hydrogens (tertiary/aromatic N) is 2. The van der Waals surface area contributed by atoms with Crippen molar-refractivity contribution in [2.24, 2.45) is 0 Å². The quantitative estimate of drug-likeness (QED) is 0.736. The topological polar surface area (TPSA) is 80.9 Å². The molecule has 0 atom stereocenters. The third kappa shape index (κ3) is 3.18. The number of nitrogens with two attached hydrogens (primary N) is 1. The van der Waals surface area contributed by atoms with Crippen molar-refractivity contribution in [1.29, 1.82) is 0 Å². The van der Waals surface area contributed by atoms with Crippen LogP contribution in [0.1, 0.15) is 35.1 Å². The van der Waals surface area contributed by atoms with E-state index in [0.717, 1.165) is 11.5 Å². The maximum absolute atomic E-state index is 12.3. The van der Waals surface area contributed by atoms with Crippen molar-refractivity contribution < 1.29 is 4.79 Å². The van der Waals surface area contributed by atoms with E-state index in [1.54, 1.807) is 12.1 Å². The van der Waals surface area contributed by atoms with Crippen LogP contribution < -0.4 is 11.1 Å². The fourth-order valence-corrected chi connectivity index (χ4v) is 3.75. The second-order valence-corrected chi connectivity index (χ2v) is 6.92. The highest BCUT2D eigenvalue weighted by atomic mass is 79.9. The lowest BCUT2D eigenvalue weighted by Gasteiger charge is -2.10. The van der Waals surface area contributed by atoms with E-state index in [1.807, 2.05) is 13.8 Å². The average Bonchev–Trinajstić information content (AvgIpc) is 2.82. The lowest BCUT2D eigenvalue weighted by Crippen LogP contribution is -2.14. The fraction of sp³-hybridized carbons (Fsp3) is 0.250. The van der Waals surface area contributed by atoms with Gasteiger partial charge < -0.3 is 11.1 Å². The van der Waals surface area contributed by atoms with Gasteiger partial charge in [0.2, 0.25) is 0 Å². The number of rotatable bonds is 3. The molecule has 3 N–H and O–H groups in total. The van der Waals surface area contributed by atoms with Crippen LogP contribution in [0.5, 0.6) is 0 Å². The molecule has 0 aliphatic rings. The molecule has 0 saturated heterocycles. The van der Waals surface area contributed by atoms with Gasteiger partial charge in [-0.2, -0.15) is 0 Å². The molecule has 0 radical (unpaired) electrons. The first-order chi connectivity index (χ1) is 9.40. The molecular weight excluding hydrogens is 408 g/mol. The Bertz CT molecular complexity index is 634.